The minimum absolute atomic E-state index is 0.0293. The molecule has 1 unspecified atom stereocenters. The van der Waals surface area contributed by atoms with Crippen molar-refractivity contribution in [1.29, 1.82) is 0 Å². The van der Waals surface area contributed by atoms with Crippen molar-refractivity contribution in [2.75, 3.05) is 39.4 Å². The van der Waals surface area contributed by atoms with Gasteiger partial charge in [-0.3, -0.25) is 4.79 Å². The van der Waals surface area contributed by atoms with Gasteiger partial charge in [0.15, 0.2) is 11.5 Å². The van der Waals surface area contributed by atoms with Crippen LogP contribution in [0.15, 0.2) is 48.0 Å². The van der Waals surface area contributed by atoms with E-state index in [9.17, 15) is 14.4 Å². The SMILES string of the molecule is CCOC(=O)Oc1c(OC)cc(C(=O)N2CCC3(C=C(C(=O)OC)CC3)Cc3ccccc32)cc1OC. The van der Waals surface area contributed by atoms with E-state index in [1.54, 1.807) is 11.8 Å². The highest BCUT2D eigenvalue weighted by Crippen LogP contribution is 2.46. The number of hydrogen-bond donors (Lipinski definition) is 0. The number of carbonyl (C=O) groups excluding carboxylic acids is 3. The van der Waals surface area contributed by atoms with Gasteiger partial charge < -0.3 is 28.6 Å². The van der Waals surface area contributed by atoms with Crippen molar-refractivity contribution < 1.29 is 38.1 Å². The van der Waals surface area contributed by atoms with Gasteiger partial charge >= 0.3 is 12.1 Å². The van der Waals surface area contributed by atoms with Crippen LogP contribution in [-0.2, 0) is 20.7 Å². The minimum atomic E-state index is -0.902. The van der Waals surface area contributed by atoms with E-state index in [-0.39, 0.29) is 41.1 Å². The largest absolute Gasteiger partial charge is 0.514 e. The summed E-state index contributed by atoms with van der Waals surface area (Å²) in [5.74, 6) is -0.194. The Balaban J connectivity index is 1.69. The molecule has 1 aliphatic carbocycles. The quantitative estimate of drug-likeness (QED) is 0.408. The van der Waals surface area contributed by atoms with E-state index in [1.807, 2.05) is 30.3 Å². The van der Waals surface area contributed by atoms with Crippen LogP contribution >= 0.6 is 0 Å². The summed E-state index contributed by atoms with van der Waals surface area (Å²) in [7, 11) is 4.22. The number of nitrogens with zero attached hydrogens (tertiary/aromatic N) is 1. The number of para-hydroxylation sites is 1. The molecule has 196 valence electrons. The zero-order valence-electron chi connectivity index (χ0n) is 21.5. The van der Waals surface area contributed by atoms with Gasteiger partial charge in [-0.1, -0.05) is 24.3 Å². The Morgan fingerprint density at radius 2 is 1.70 bits per heavy atom. The second-order valence-electron chi connectivity index (χ2n) is 9.03. The number of rotatable bonds is 6. The predicted octanol–water partition coefficient (Wildman–Crippen LogP) is 4.71. The van der Waals surface area contributed by atoms with E-state index < -0.39 is 6.16 Å². The maximum atomic E-state index is 13.9. The Morgan fingerprint density at radius 3 is 2.35 bits per heavy atom. The Labute approximate surface area is 215 Å². The third-order valence-corrected chi connectivity index (χ3v) is 6.88. The molecule has 1 aliphatic heterocycles. The summed E-state index contributed by atoms with van der Waals surface area (Å²) in [6.07, 6.45) is 4.01. The fraction of sp³-hybridized carbons (Fsp3) is 0.393. The van der Waals surface area contributed by atoms with Gasteiger partial charge in [0.25, 0.3) is 5.91 Å². The lowest BCUT2D eigenvalue weighted by molar-refractivity contribution is -0.136. The van der Waals surface area contributed by atoms with E-state index in [4.69, 9.17) is 23.7 Å². The number of fused-ring (bicyclic) bond motifs is 1. The molecule has 0 radical (unpaired) electrons. The number of amides is 1. The zero-order chi connectivity index (χ0) is 26.6. The van der Waals surface area contributed by atoms with Crippen LogP contribution in [0.25, 0.3) is 0 Å². The third-order valence-electron chi connectivity index (χ3n) is 6.88. The van der Waals surface area contributed by atoms with Gasteiger partial charge in [-0.25, -0.2) is 9.59 Å². The molecule has 1 atom stereocenters. The first kappa shape index (κ1) is 26.1. The van der Waals surface area contributed by atoms with E-state index in [1.165, 1.54) is 33.5 Å². The van der Waals surface area contributed by atoms with Crippen molar-refractivity contribution in [1.82, 2.24) is 0 Å². The fourth-order valence-corrected chi connectivity index (χ4v) is 5.07. The van der Waals surface area contributed by atoms with E-state index in [0.717, 1.165) is 17.7 Å². The molecule has 0 bridgehead atoms. The molecule has 37 heavy (non-hydrogen) atoms. The summed E-state index contributed by atoms with van der Waals surface area (Å²) < 4.78 is 25.9. The third kappa shape index (κ3) is 5.26. The van der Waals surface area contributed by atoms with Gasteiger partial charge in [0.1, 0.15) is 0 Å². The highest BCUT2D eigenvalue weighted by atomic mass is 16.7. The summed E-state index contributed by atoms with van der Waals surface area (Å²) in [4.78, 5) is 39.7. The highest BCUT2D eigenvalue weighted by Gasteiger charge is 2.39. The maximum absolute atomic E-state index is 13.9. The van der Waals surface area contributed by atoms with Crippen LogP contribution in [0.5, 0.6) is 17.2 Å². The lowest BCUT2D eigenvalue weighted by Crippen LogP contribution is -2.33. The van der Waals surface area contributed by atoms with Gasteiger partial charge in [-0.05, 0) is 61.8 Å². The van der Waals surface area contributed by atoms with Crippen molar-refractivity contribution in [2.45, 2.75) is 32.6 Å². The molecular weight excluding hydrogens is 478 g/mol. The standard InChI is InChI=1S/C28H31NO8/c1-5-36-27(32)37-24-22(33-2)14-20(15-23(24)34-3)25(30)29-13-12-28(11-10-19(17-28)26(31)35-4)16-18-8-6-7-9-21(18)29/h6-9,14-15,17H,5,10-13,16H2,1-4H3. The first-order valence-electron chi connectivity index (χ1n) is 12.1. The number of carbonyl (C=O) groups is 3. The molecule has 0 saturated heterocycles. The van der Waals surface area contributed by atoms with Crippen LogP contribution in [0, 0.1) is 5.41 Å². The monoisotopic (exact) mass is 509 g/mol. The first-order valence-corrected chi connectivity index (χ1v) is 12.1. The van der Waals surface area contributed by atoms with Crippen molar-refractivity contribution in [2.24, 2.45) is 5.41 Å². The smallest absolute Gasteiger partial charge is 0.493 e. The Bertz CT molecular complexity index is 1210. The van der Waals surface area contributed by atoms with E-state index in [0.29, 0.717) is 36.9 Å². The lowest BCUT2D eigenvalue weighted by atomic mass is 9.79. The summed E-state index contributed by atoms with van der Waals surface area (Å²) >= 11 is 0. The Morgan fingerprint density at radius 1 is 1.00 bits per heavy atom. The van der Waals surface area contributed by atoms with Crippen molar-refractivity contribution in [3.05, 3.63) is 59.2 Å². The van der Waals surface area contributed by atoms with Gasteiger partial charge in [0, 0.05) is 23.4 Å². The van der Waals surface area contributed by atoms with Crippen LogP contribution in [0.3, 0.4) is 0 Å². The van der Waals surface area contributed by atoms with E-state index >= 15 is 0 Å². The maximum Gasteiger partial charge on any atom is 0.514 e. The summed E-state index contributed by atoms with van der Waals surface area (Å²) in [6.45, 7) is 2.26. The van der Waals surface area contributed by atoms with Crippen molar-refractivity contribution in [3.63, 3.8) is 0 Å². The molecule has 0 fully saturated rings. The van der Waals surface area contributed by atoms with E-state index in [2.05, 4.69) is 0 Å². The van der Waals surface area contributed by atoms with Crippen molar-refractivity contribution >= 4 is 23.7 Å². The number of methoxy groups -OCH3 is 3. The van der Waals surface area contributed by atoms with Gasteiger partial charge in [0.05, 0.1) is 27.9 Å². The van der Waals surface area contributed by atoms with Crippen LogP contribution < -0.4 is 19.1 Å². The van der Waals surface area contributed by atoms with Gasteiger partial charge in [-0.15, -0.1) is 0 Å². The molecule has 1 heterocycles. The number of allylic oxidation sites excluding steroid dienone is 1. The molecule has 2 aliphatic rings. The van der Waals surface area contributed by atoms with Crippen molar-refractivity contribution in [3.8, 4) is 17.2 Å². The number of esters is 1. The minimum Gasteiger partial charge on any atom is -0.493 e. The fourth-order valence-electron chi connectivity index (χ4n) is 5.07. The molecular formula is C28H31NO8. The molecule has 0 aromatic heterocycles. The molecule has 1 amide bonds. The van der Waals surface area contributed by atoms with Gasteiger partial charge in [-0.2, -0.15) is 0 Å². The lowest BCUT2D eigenvalue weighted by Gasteiger charge is -2.26. The molecule has 0 saturated carbocycles. The number of benzene rings is 2. The first-order chi connectivity index (χ1) is 17.8. The second kappa shape index (κ2) is 10.9. The Kier molecular flexibility index (Phi) is 7.71. The molecule has 0 N–H and O–H groups in total. The Hall–Kier alpha value is -4.01. The molecule has 9 nitrogen and oxygen atoms in total. The summed E-state index contributed by atoms with van der Waals surface area (Å²) in [6, 6.07) is 10.8. The number of anilines is 1. The van der Waals surface area contributed by atoms with Crippen LogP contribution in [0.4, 0.5) is 10.5 Å². The molecule has 1 spiro atoms. The summed E-state index contributed by atoms with van der Waals surface area (Å²) in [5.41, 5.74) is 2.60. The zero-order valence-corrected chi connectivity index (χ0v) is 21.5. The second-order valence-corrected chi connectivity index (χ2v) is 9.03. The predicted molar refractivity (Wildman–Crippen MR) is 135 cm³/mol. The summed E-state index contributed by atoms with van der Waals surface area (Å²) in [5, 5.41) is 0. The number of hydrogen-bond acceptors (Lipinski definition) is 8. The highest BCUT2D eigenvalue weighted by molar-refractivity contribution is 6.07. The number of ether oxygens (including phenoxy) is 5. The molecule has 2 aromatic carbocycles. The van der Waals surface area contributed by atoms with Gasteiger partial charge in [0.2, 0.25) is 5.75 Å². The average molecular weight is 510 g/mol. The molecule has 2 aromatic rings. The van der Waals surface area contributed by atoms with Crippen LogP contribution in [0.1, 0.15) is 42.1 Å². The molecule has 4 rings (SSSR count). The normalized spacial score (nSPS) is 18.4. The molecule has 9 heteroatoms. The average Bonchev–Trinajstić information content (AvgIpc) is 3.25. The van der Waals surface area contributed by atoms with Crippen LogP contribution in [0.2, 0.25) is 0 Å². The van der Waals surface area contributed by atoms with Crippen LogP contribution in [-0.4, -0.2) is 52.5 Å². The topological polar surface area (TPSA) is 101 Å².